The number of thiophene rings is 1. The van der Waals surface area contributed by atoms with Gasteiger partial charge in [0.25, 0.3) is 5.91 Å². The van der Waals surface area contributed by atoms with E-state index in [0.717, 1.165) is 5.56 Å². The molecule has 0 saturated carbocycles. The molecule has 0 aliphatic carbocycles. The fourth-order valence-electron chi connectivity index (χ4n) is 3.47. The molecule has 0 saturated heterocycles. The van der Waals surface area contributed by atoms with Crippen LogP contribution in [-0.2, 0) is 17.8 Å². The van der Waals surface area contributed by atoms with E-state index in [4.69, 9.17) is 14.2 Å². The van der Waals surface area contributed by atoms with Crippen LogP contribution in [-0.4, -0.2) is 47.2 Å². The molecule has 0 atom stereocenters. The molecule has 0 spiro atoms. The lowest BCUT2D eigenvalue weighted by Crippen LogP contribution is -2.29. The number of benzene rings is 1. The Morgan fingerprint density at radius 3 is 2.80 bits per heavy atom. The Kier molecular flexibility index (Phi) is 5.45. The van der Waals surface area contributed by atoms with Gasteiger partial charge in [-0.1, -0.05) is 0 Å². The highest BCUT2D eigenvalue weighted by Gasteiger charge is 2.31. The lowest BCUT2D eigenvalue weighted by Gasteiger charge is -2.22. The van der Waals surface area contributed by atoms with Gasteiger partial charge in [0.2, 0.25) is 0 Å². The molecule has 156 valence electrons. The van der Waals surface area contributed by atoms with Crippen LogP contribution in [0.1, 0.15) is 38.3 Å². The maximum absolute atomic E-state index is 13.3. The van der Waals surface area contributed by atoms with Crippen LogP contribution in [0.5, 0.6) is 11.5 Å². The molecule has 0 N–H and O–H groups in total. The summed E-state index contributed by atoms with van der Waals surface area (Å²) >= 11 is 1.36. The summed E-state index contributed by atoms with van der Waals surface area (Å²) in [5, 5.41) is 1.86. The lowest BCUT2D eigenvalue weighted by atomic mass is 10.1. The Morgan fingerprint density at radius 2 is 2.07 bits per heavy atom. The molecule has 0 fully saturated rings. The second-order valence-electron chi connectivity index (χ2n) is 6.60. The van der Waals surface area contributed by atoms with Crippen molar-refractivity contribution in [1.82, 2.24) is 14.5 Å². The van der Waals surface area contributed by atoms with Gasteiger partial charge in [-0.05, 0) is 30.5 Å². The van der Waals surface area contributed by atoms with Gasteiger partial charge in [-0.25, -0.2) is 9.78 Å². The van der Waals surface area contributed by atoms with E-state index in [0.29, 0.717) is 34.3 Å². The number of imidazole rings is 1. The number of esters is 1. The minimum atomic E-state index is -0.501. The molecular weight excluding hydrogens is 406 g/mol. The molecule has 9 heteroatoms. The summed E-state index contributed by atoms with van der Waals surface area (Å²) in [4.78, 5) is 32.3. The van der Waals surface area contributed by atoms with Crippen molar-refractivity contribution >= 4 is 23.2 Å². The van der Waals surface area contributed by atoms with Crippen molar-refractivity contribution in [3.05, 3.63) is 57.8 Å². The summed E-state index contributed by atoms with van der Waals surface area (Å²) in [5.74, 6) is 0.675. The van der Waals surface area contributed by atoms with Crippen LogP contribution in [0.4, 0.5) is 0 Å². The van der Waals surface area contributed by atoms with E-state index in [9.17, 15) is 9.59 Å². The van der Waals surface area contributed by atoms with Crippen molar-refractivity contribution in [1.29, 1.82) is 0 Å². The number of amides is 1. The zero-order valence-electron chi connectivity index (χ0n) is 16.9. The Bertz CT molecular complexity index is 1100. The van der Waals surface area contributed by atoms with Gasteiger partial charge in [0, 0.05) is 11.6 Å². The summed E-state index contributed by atoms with van der Waals surface area (Å²) in [6.07, 6.45) is 1.57. The molecule has 2 aromatic heterocycles. The highest BCUT2D eigenvalue weighted by Crippen LogP contribution is 2.32. The number of carbonyl (C=O) groups is 2. The Hall–Kier alpha value is -3.33. The van der Waals surface area contributed by atoms with Gasteiger partial charge < -0.3 is 19.1 Å². The van der Waals surface area contributed by atoms with Crippen molar-refractivity contribution in [2.45, 2.75) is 20.0 Å². The van der Waals surface area contributed by atoms with Crippen molar-refractivity contribution in [2.24, 2.45) is 0 Å². The second-order valence-corrected chi connectivity index (χ2v) is 7.52. The molecule has 0 radical (unpaired) electrons. The number of carbonyl (C=O) groups excluding carboxylic acids is 2. The number of methoxy groups -OCH3 is 2. The summed E-state index contributed by atoms with van der Waals surface area (Å²) < 4.78 is 17.7. The van der Waals surface area contributed by atoms with Crippen LogP contribution in [0.25, 0.3) is 5.69 Å². The van der Waals surface area contributed by atoms with E-state index in [2.05, 4.69) is 4.98 Å². The smallest absolute Gasteiger partial charge is 0.358 e. The Labute approximate surface area is 177 Å². The molecule has 4 rings (SSSR count). The van der Waals surface area contributed by atoms with Crippen LogP contribution in [0.2, 0.25) is 0 Å². The average Bonchev–Trinajstić information content (AvgIpc) is 3.38. The first kappa shape index (κ1) is 20.0. The molecule has 3 aromatic rings. The normalized spacial score (nSPS) is 12.8. The van der Waals surface area contributed by atoms with Gasteiger partial charge >= 0.3 is 5.97 Å². The molecule has 0 unspecified atom stereocenters. The van der Waals surface area contributed by atoms with Crippen molar-refractivity contribution in [3.8, 4) is 17.2 Å². The largest absolute Gasteiger partial charge is 0.497 e. The minimum Gasteiger partial charge on any atom is -0.497 e. The summed E-state index contributed by atoms with van der Waals surface area (Å²) in [7, 11) is 3.16. The topological polar surface area (TPSA) is 82.9 Å². The molecule has 1 amide bonds. The second kappa shape index (κ2) is 8.19. The summed E-state index contributed by atoms with van der Waals surface area (Å²) in [5.41, 5.74) is 2.38. The predicted octanol–water partition coefficient (Wildman–Crippen LogP) is 3.28. The average molecular weight is 427 g/mol. The van der Waals surface area contributed by atoms with Crippen LogP contribution in [0.15, 0.2) is 36.0 Å². The van der Waals surface area contributed by atoms with Crippen LogP contribution < -0.4 is 9.47 Å². The van der Waals surface area contributed by atoms with Crippen molar-refractivity contribution in [2.75, 3.05) is 20.8 Å². The highest BCUT2D eigenvalue weighted by atomic mass is 32.1. The minimum absolute atomic E-state index is 0.114. The summed E-state index contributed by atoms with van der Waals surface area (Å²) in [6.45, 7) is 2.51. The zero-order chi connectivity index (χ0) is 21.3. The van der Waals surface area contributed by atoms with E-state index in [-0.39, 0.29) is 24.8 Å². The van der Waals surface area contributed by atoms with E-state index in [1.165, 1.54) is 11.3 Å². The van der Waals surface area contributed by atoms with E-state index < -0.39 is 5.97 Å². The number of rotatable bonds is 6. The number of hydrogen-bond donors (Lipinski definition) is 0. The van der Waals surface area contributed by atoms with E-state index in [1.54, 1.807) is 43.0 Å². The molecule has 1 aromatic carbocycles. The van der Waals surface area contributed by atoms with Crippen molar-refractivity contribution in [3.63, 3.8) is 0 Å². The van der Waals surface area contributed by atoms with Gasteiger partial charge in [0.1, 0.15) is 22.7 Å². The van der Waals surface area contributed by atoms with Gasteiger partial charge in [-0.3, -0.25) is 9.36 Å². The molecule has 30 heavy (non-hydrogen) atoms. The Balaban J connectivity index is 1.76. The van der Waals surface area contributed by atoms with Gasteiger partial charge in [-0.15, -0.1) is 11.3 Å². The SMILES string of the molecule is CCOC(=O)c1ncn2c1CN(Cc1ccc(OC)cc1OC)C(=O)c1sccc1-2. The van der Waals surface area contributed by atoms with Crippen molar-refractivity contribution < 1.29 is 23.8 Å². The predicted molar refractivity (Wildman–Crippen MR) is 111 cm³/mol. The van der Waals surface area contributed by atoms with Crippen LogP contribution >= 0.6 is 11.3 Å². The molecular formula is C21H21N3O5S. The van der Waals surface area contributed by atoms with E-state index >= 15 is 0 Å². The third-order valence-electron chi connectivity index (χ3n) is 4.92. The van der Waals surface area contributed by atoms with Gasteiger partial charge in [0.05, 0.1) is 45.3 Å². The third-order valence-corrected chi connectivity index (χ3v) is 5.81. The molecule has 0 bridgehead atoms. The van der Waals surface area contributed by atoms with E-state index in [1.807, 2.05) is 23.6 Å². The summed E-state index contributed by atoms with van der Waals surface area (Å²) in [6, 6.07) is 7.33. The quantitative estimate of drug-likeness (QED) is 0.562. The number of fused-ring (bicyclic) bond motifs is 3. The fraction of sp³-hybridized carbons (Fsp3) is 0.286. The van der Waals surface area contributed by atoms with Gasteiger partial charge in [-0.2, -0.15) is 0 Å². The Morgan fingerprint density at radius 1 is 1.23 bits per heavy atom. The number of ether oxygens (including phenoxy) is 3. The standard InChI is InChI=1S/C21H21N3O5S/c1-4-29-21(26)18-16-11-23(10-13-5-6-14(27-2)9-17(13)28-3)20(25)19-15(7-8-30-19)24(16)12-22-18/h5-9,12H,4,10-11H2,1-3H3. The first-order valence-corrected chi connectivity index (χ1v) is 10.3. The maximum Gasteiger partial charge on any atom is 0.358 e. The molecule has 1 aliphatic heterocycles. The number of hydrogen-bond acceptors (Lipinski definition) is 7. The molecule has 1 aliphatic rings. The van der Waals surface area contributed by atoms with Crippen LogP contribution in [0.3, 0.4) is 0 Å². The van der Waals surface area contributed by atoms with Gasteiger partial charge in [0.15, 0.2) is 5.69 Å². The van der Waals surface area contributed by atoms with Crippen LogP contribution in [0, 0.1) is 0 Å². The number of aromatic nitrogens is 2. The maximum atomic E-state index is 13.3. The lowest BCUT2D eigenvalue weighted by molar-refractivity contribution is 0.0514. The molecule has 3 heterocycles. The fourth-order valence-corrected chi connectivity index (χ4v) is 4.32. The first-order valence-electron chi connectivity index (χ1n) is 9.38. The number of nitrogens with zero attached hydrogens (tertiary/aromatic N) is 3. The highest BCUT2D eigenvalue weighted by molar-refractivity contribution is 7.12. The molecule has 8 nitrogen and oxygen atoms in total. The zero-order valence-corrected chi connectivity index (χ0v) is 17.7. The first-order chi connectivity index (χ1) is 14.6. The third kappa shape index (κ3) is 3.41. The monoisotopic (exact) mass is 427 g/mol.